The van der Waals surface area contributed by atoms with Crippen LogP contribution >= 0.6 is 35.0 Å². The van der Waals surface area contributed by atoms with Crippen LogP contribution in [0.25, 0.3) is 6.08 Å². The summed E-state index contributed by atoms with van der Waals surface area (Å²) >= 11 is 13.5. The van der Waals surface area contributed by atoms with E-state index in [4.69, 9.17) is 46.6 Å². The Hall–Kier alpha value is -4.38. The Morgan fingerprint density at radius 1 is 0.915 bits per heavy atom. The van der Waals surface area contributed by atoms with Crippen molar-refractivity contribution in [3.8, 4) is 23.0 Å². The average molecular weight is 695 g/mol. The molecule has 244 valence electrons. The van der Waals surface area contributed by atoms with E-state index in [1.54, 1.807) is 69.2 Å². The highest BCUT2D eigenvalue weighted by atomic mass is 35.5. The molecule has 1 amide bonds. The summed E-state index contributed by atoms with van der Waals surface area (Å²) < 4.78 is 28.4. The number of hydrogen-bond donors (Lipinski definition) is 0. The summed E-state index contributed by atoms with van der Waals surface area (Å²) in [6.45, 7) is 5.17. The summed E-state index contributed by atoms with van der Waals surface area (Å²) in [6, 6.07) is 19.8. The summed E-state index contributed by atoms with van der Waals surface area (Å²) in [6.07, 6.45) is 4.94. The van der Waals surface area contributed by atoms with Crippen LogP contribution in [-0.4, -0.2) is 43.0 Å². The van der Waals surface area contributed by atoms with Crippen molar-refractivity contribution in [1.29, 1.82) is 0 Å². The molecule has 0 bridgehead atoms. The lowest BCUT2D eigenvalue weighted by Gasteiger charge is -2.13. The number of benzene rings is 3. The molecule has 2 heterocycles. The summed E-state index contributed by atoms with van der Waals surface area (Å²) in [4.78, 5) is 15.6. The van der Waals surface area contributed by atoms with Crippen LogP contribution in [-0.2, 0) is 17.9 Å². The highest BCUT2D eigenvalue weighted by molar-refractivity contribution is 8.18. The molecule has 5 rings (SSSR count). The van der Waals surface area contributed by atoms with E-state index in [0.717, 1.165) is 16.7 Å². The second-order valence-corrected chi connectivity index (χ2v) is 12.6. The third-order valence-electron chi connectivity index (χ3n) is 6.78. The van der Waals surface area contributed by atoms with Crippen LogP contribution < -0.4 is 18.9 Å². The van der Waals surface area contributed by atoms with Gasteiger partial charge >= 0.3 is 0 Å². The second kappa shape index (κ2) is 15.9. The molecule has 0 spiro atoms. The lowest BCUT2D eigenvalue weighted by Crippen LogP contribution is -2.28. The third kappa shape index (κ3) is 8.91. The first-order valence-corrected chi connectivity index (χ1v) is 16.2. The Morgan fingerprint density at radius 3 is 2.32 bits per heavy atom. The maximum atomic E-state index is 13.6. The molecule has 0 N–H and O–H groups in total. The maximum absolute atomic E-state index is 13.6. The maximum Gasteiger partial charge on any atom is 0.267 e. The lowest BCUT2D eigenvalue weighted by molar-refractivity contribution is -0.122. The van der Waals surface area contributed by atoms with E-state index in [1.807, 2.05) is 30.3 Å². The standard InChI is InChI=1S/C35H33Cl2N3O6S/c1-22(2)20-45-29-12-8-24(15-32(29)43-4)18-38-39-35-40(19-27-6-5-13-44-27)34(41)33(47-35)16-23-7-11-30(31(14-23)42-3)46-21-25-9-10-26(36)17-28(25)37/h5-18,22H,19-21H2,1-4H3/b33-16-,38-18+,39-35-. The number of rotatable bonds is 13. The van der Waals surface area contributed by atoms with E-state index in [-0.39, 0.29) is 19.1 Å². The van der Waals surface area contributed by atoms with Gasteiger partial charge in [-0.05, 0) is 89.5 Å². The van der Waals surface area contributed by atoms with Gasteiger partial charge in [-0.25, -0.2) is 0 Å². The molecule has 0 unspecified atom stereocenters. The molecule has 9 nitrogen and oxygen atoms in total. The quantitative estimate of drug-likeness (QED) is 0.0785. The minimum atomic E-state index is -0.231. The first kappa shape index (κ1) is 34.0. The van der Waals surface area contributed by atoms with Gasteiger partial charge in [-0.1, -0.05) is 49.2 Å². The fourth-order valence-corrected chi connectivity index (χ4v) is 5.80. The van der Waals surface area contributed by atoms with Crippen molar-refractivity contribution in [2.45, 2.75) is 27.0 Å². The number of ether oxygens (including phenoxy) is 4. The molecule has 4 aromatic rings. The predicted octanol–water partition coefficient (Wildman–Crippen LogP) is 8.72. The minimum absolute atomic E-state index is 0.198. The van der Waals surface area contributed by atoms with E-state index < -0.39 is 0 Å². The number of thioether (sulfide) groups is 1. The topological polar surface area (TPSA) is 95.1 Å². The van der Waals surface area contributed by atoms with Gasteiger partial charge in [0.1, 0.15) is 12.4 Å². The van der Waals surface area contributed by atoms with Crippen LogP contribution in [0.2, 0.25) is 10.0 Å². The Morgan fingerprint density at radius 2 is 1.64 bits per heavy atom. The normalized spacial score (nSPS) is 15.0. The minimum Gasteiger partial charge on any atom is -0.493 e. The molecule has 0 saturated carbocycles. The predicted molar refractivity (Wildman–Crippen MR) is 187 cm³/mol. The van der Waals surface area contributed by atoms with Gasteiger partial charge in [-0.15, -0.1) is 5.10 Å². The molecule has 1 aliphatic rings. The van der Waals surface area contributed by atoms with Crippen molar-refractivity contribution in [3.05, 3.63) is 110 Å². The summed E-state index contributed by atoms with van der Waals surface area (Å²) in [5.74, 6) is 3.04. The zero-order valence-corrected chi connectivity index (χ0v) is 28.6. The van der Waals surface area contributed by atoms with Gasteiger partial charge in [-0.2, -0.15) is 5.10 Å². The lowest BCUT2D eigenvalue weighted by atomic mass is 10.1. The number of carbonyl (C=O) groups is 1. The van der Waals surface area contributed by atoms with E-state index in [0.29, 0.717) is 61.4 Å². The number of halogens is 2. The van der Waals surface area contributed by atoms with Crippen LogP contribution in [0.5, 0.6) is 23.0 Å². The fraction of sp³-hybridized carbons (Fsp3) is 0.229. The zero-order chi connectivity index (χ0) is 33.3. The largest absolute Gasteiger partial charge is 0.493 e. The Kier molecular flexibility index (Phi) is 11.5. The van der Waals surface area contributed by atoms with E-state index >= 15 is 0 Å². The van der Waals surface area contributed by atoms with Crippen molar-refractivity contribution in [2.75, 3.05) is 20.8 Å². The van der Waals surface area contributed by atoms with Gasteiger partial charge in [0.15, 0.2) is 28.2 Å². The van der Waals surface area contributed by atoms with Crippen molar-refractivity contribution >= 4 is 58.3 Å². The number of nitrogens with zero attached hydrogens (tertiary/aromatic N) is 3. The monoisotopic (exact) mass is 693 g/mol. The molecule has 1 fully saturated rings. The molecule has 12 heteroatoms. The van der Waals surface area contributed by atoms with Gasteiger partial charge in [-0.3, -0.25) is 9.69 Å². The Balaban J connectivity index is 1.35. The number of amides is 1. The van der Waals surface area contributed by atoms with Crippen molar-refractivity contribution in [3.63, 3.8) is 0 Å². The van der Waals surface area contributed by atoms with Crippen LogP contribution in [0.15, 0.2) is 92.5 Å². The van der Waals surface area contributed by atoms with Gasteiger partial charge in [0, 0.05) is 15.6 Å². The van der Waals surface area contributed by atoms with Crippen LogP contribution in [0.3, 0.4) is 0 Å². The molecule has 1 aromatic heterocycles. The van der Waals surface area contributed by atoms with Gasteiger partial charge in [0.05, 0.1) is 44.8 Å². The first-order chi connectivity index (χ1) is 22.7. The number of amidine groups is 1. The fourth-order valence-electron chi connectivity index (χ4n) is 4.40. The van der Waals surface area contributed by atoms with E-state index in [9.17, 15) is 4.79 Å². The van der Waals surface area contributed by atoms with Crippen molar-refractivity contribution in [1.82, 2.24) is 4.90 Å². The van der Waals surface area contributed by atoms with E-state index in [2.05, 4.69) is 24.1 Å². The van der Waals surface area contributed by atoms with Crippen LogP contribution in [0.4, 0.5) is 0 Å². The zero-order valence-electron chi connectivity index (χ0n) is 26.2. The average Bonchev–Trinajstić information content (AvgIpc) is 3.68. The van der Waals surface area contributed by atoms with Crippen LogP contribution in [0.1, 0.15) is 36.3 Å². The third-order valence-corrected chi connectivity index (χ3v) is 8.36. The highest BCUT2D eigenvalue weighted by Gasteiger charge is 2.34. The smallest absolute Gasteiger partial charge is 0.267 e. The number of carbonyl (C=O) groups excluding carboxylic acids is 1. The van der Waals surface area contributed by atoms with Crippen molar-refractivity contribution in [2.24, 2.45) is 16.1 Å². The molecule has 0 atom stereocenters. The van der Waals surface area contributed by atoms with E-state index in [1.165, 1.54) is 16.7 Å². The highest BCUT2D eigenvalue weighted by Crippen LogP contribution is 2.36. The molecular formula is C35H33Cl2N3O6S. The summed E-state index contributed by atoms with van der Waals surface area (Å²) in [7, 11) is 3.15. The molecule has 0 radical (unpaired) electrons. The molecule has 47 heavy (non-hydrogen) atoms. The number of methoxy groups -OCH3 is 2. The number of hydrogen-bond acceptors (Lipinski definition) is 9. The molecule has 1 aliphatic heterocycles. The second-order valence-electron chi connectivity index (χ2n) is 10.8. The number of furan rings is 1. The van der Waals surface area contributed by atoms with Gasteiger partial charge in [0.25, 0.3) is 5.91 Å². The Bertz CT molecular complexity index is 1810. The van der Waals surface area contributed by atoms with Crippen molar-refractivity contribution < 1.29 is 28.2 Å². The summed E-state index contributed by atoms with van der Waals surface area (Å²) in [5.41, 5.74) is 2.29. The molecular weight excluding hydrogens is 661 g/mol. The molecule has 1 saturated heterocycles. The summed E-state index contributed by atoms with van der Waals surface area (Å²) in [5, 5.41) is 10.2. The molecule has 0 aliphatic carbocycles. The first-order valence-electron chi connectivity index (χ1n) is 14.6. The molecule has 3 aromatic carbocycles. The van der Waals surface area contributed by atoms with Crippen LogP contribution in [0, 0.1) is 5.92 Å². The van der Waals surface area contributed by atoms with Gasteiger partial charge < -0.3 is 23.4 Å². The van der Waals surface area contributed by atoms with Gasteiger partial charge in [0.2, 0.25) is 0 Å². The SMILES string of the molecule is COc1cc(/C=C2\S/C(=N\N=C\c3ccc(OCC(C)C)c(OC)c3)N(Cc3ccco3)C2=O)ccc1OCc1ccc(Cl)cc1Cl. The Labute approximate surface area is 287 Å².